The molecule has 3 nitrogen and oxygen atoms in total. The molecular weight excluding hydrogens is 210 g/mol. The fourth-order valence-electron chi connectivity index (χ4n) is 2.15. The Kier molecular flexibility index (Phi) is 3.36. The number of fused-ring (bicyclic) bond motifs is 1. The fraction of sp³-hybridized carbons (Fsp3) is 0.500. The van der Waals surface area contributed by atoms with E-state index in [1.165, 1.54) is 12.0 Å². The zero-order valence-electron chi connectivity index (χ0n) is 10.9. The number of aryl methyl sites for hydroxylation is 2. The van der Waals surface area contributed by atoms with E-state index in [9.17, 15) is 0 Å². The van der Waals surface area contributed by atoms with E-state index < -0.39 is 0 Å². The van der Waals surface area contributed by atoms with Crippen molar-refractivity contribution >= 4 is 17.0 Å². The molecule has 0 fully saturated rings. The van der Waals surface area contributed by atoms with Gasteiger partial charge < -0.3 is 10.3 Å². The van der Waals surface area contributed by atoms with Crippen LogP contribution in [-0.4, -0.2) is 9.55 Å². The lowest BCUT2D eigenvalue weighted by Crippen LogP contribution is -2.04. The molecule has 2 rings (SSSR count). The van der Waals surface area contributed by atoms with E-state index in [0.717, 1.165) is 29.9 Å². The minimum Gasteiger partial charge on any atom is -0.369 e. The Bertz CT molecular complexity index is 511. The Morgan fingerprint density at radius 2 is 2.12 bits per heavy atom. The van der Waals surface area contributed by atoms with Crippen LogP contribution in [0.5, 0.6) is 0 Å². The molecule has 0 amide bonds. The molecule has 2 N–H and O–H groups in total. The Morgan fingerprint density at radius 1 is 1.35 bits per heavy atom. The first-order valence-corrected chi connectivity index (χ1v) is 6.30. The first kappa shape index (κ1) is 12.0. The molecule has 2 aromatic rings. The van der Waals surface area contributed by atoms with Crippen LogP contribution in [-0.2, 0) is 6.54 Å². The maximum Gasteiger partial charge on any atom is 0.201 e. The molecule has 0 bridgehead atoms. The molecule has 0 saturated carbocycles. The molecule has 0 atom stereocenters. The van der Waals surface area contributed by atoms with E-state index >= 15 is 0 Å². The van der Waals surface area contributed by atoms with Crippen molar-refractivity contribution < 1.29 is 0 Å². The maximum absolute atomic E-state index is 5.97. The molecule has 17 heavy (non-hydrogen) atoms. The van der Waals surface area contributed by atoms with Crippen LogP contribution in [0.25, 0.3) is 11.0 Å². The van der Waals surface area contributed by atoms with Crippen molar-refractivity contribution in [1.82, 2.24) is 9.55 Å². The quantitative estimate of drug-likeness (QED) is 0.876. The summed E-state index contributed by atoms with van der Waals surface area (Å²) in [4.78, 5) is 4.41. The number of aromatic nitrogens is 2. The molecular formula is C14H21N3. The number of nitrogen functional groups attached to an aromatic ring is 1. The van der Waals surface area contributed by atoms with Gasteiger partial charge in [-0.3, -0.25) is 0 Å². The van der Waals surface area contributed by atoms with Gasteiger partial charge >= 0.3 is 0 Å². The van der Waals surface area contributed by atoms with E-state index in [4.69, 9.17) is 5.73 Å². The van der Waals surface area contributed by atoms with Crippen molar-refractivity contribution in [3.8, 4) is 0 Å². The highest BCUT2D eigenvalue weighted by Gasteiger charge is 2.07. The second-order valence-corrected chi connectivity index (χ2v) is 5.15. The standard InChI is InChI=1S/C14H21N3/c1-10(2)5-4-8-17-13-7-6-11(3)9-12(13)16-14(17)15/h6-7,9-10H,4-5,8H2,1-3H3,(H2,15,16). The summed E-state index contributed by atoms with van der Waals surface area (Å²) in [5, 5.41) is 0. The maximum atomic E-state index is 5.97. The highest BCUT2D eigenvalue weighted by Crippen LogP contribution is 2.20. The van der Waals surface area contributed by atoms with Crippen LogP contribution < -0.4 is 5.73 Å². The summed E-state index contributed by atoms with van der Waals surface area (Å²) in [5.41, 5.74) is 9.35. The summed E-state index contributed by atoms with van der Waals surface area (Å²) < 4.78 is 2.12. The number of imidazole rings is 1. The zero-order valence-corrected chi connectivity index (χ0v) is 10.9. The molecule has 1 aromatic carbocycles. The van der Waals surface area contributed by atoms with E-state index in [1.54, 1.807) is 0 Å². The van der Waals surface area contributed by atoms with Crippen molar-refractivity contribution in [2.75, 3.05) is 5.73 Å². The number of nitrogens with zero attached hydrogens (tertiary/aromatic N) is 2. The van der Waals surface area contributed by atoms with E-state index in [1.807, 2.05) is 0 Å². The van der Waals surface area contributed by atoms with Gasteiger partial charge in [0, 0.05) is 6.54 Å². The molecule has 0 aliphatic carbocycles. The molecule has 1 aromatic heterocycles. The van der Waals surface area contributed by atoms with E-state index in [-0.39, 0.29) is 0 Å². The van der Waals surface area contributed by atoms with Gasteiger partial charge in [-0.2, -0.15) is 0 Å². The van der Waals surface area contributed by atoms with Crippen molar-refractivity contribution in [3.05, 3.63) is 23.8 Å². The Hall–Kier alpha value is -1.51. The first-order valence-electron chi connectivity index (χ1n) is 6.30. The molecule has 0 saturated heterocycles. The average molecular weight is 231 g/mol. The summed E-state index contributed by atoms with van der Waals surface area (Å²) in [7, 11) is 0. The summed E-state index contributed by atoms with van der Waals surface area (Å²) >= 11 is 0. The normalized spacial score (nSPS) is 11.5. The fourth-order valence-corrected chi connectivity index (χ4v) is 2.15. The Balaban J connectivity index is 2.24. The van der Waals surface area contributed by atoms with Gasteiger partial charge in [0.05, 0.1) is 11.0 Å². The van der Waals surface area contributed by atoms with E-state index in [0.29, 0.717) is 5.95 Å². The molecule has 0 spiro atoms. The summed E-state index contributed by atoms with van der Waals surface area (Å²) in [5.74, 6) is 1.38. The number of benzene rings is 1. The monoisotopic (exact) mass is 231 g/mol. The minimum absolute atomic E-state index is 0.634. The van der Waals surface area contributed by atoms with Crippen LogP contribution in [0.2, 0.25) is 0 Å². The second kappa shape index (κ2) is 4.78. The topological polar surface area (TPSA) is 43.8 Å². The molecule has 0 unspecified atom stereocenters. The lowest BCUT2D eigenvalue weighted by Gasteiger charge is -2.08. The van der Waals surface area contributed by atoms with Gasteiger partial charge in [-0.15, -0.1) is 0 Å². The van der Waals surface area contributed by atoms with Crippen molar-refractivity contribution in [2.24, 2.45) is 5.92 Å². The number of hydrogen-bond acceptors (Lipinski definition) is 2. The molecule has 92 valence electrons. The third-order valence-corrected chi connectivity index (χ3v) is 3.10. The third-order valence-electron chi connectivity index (χ3n) is 3.10. The highest BCUT2D eigenvalue weighted by molar-refractivity contribution is 5.79. The van der Waals surface area contributed by atoms with Crippen LogP contribution in [0, 0.1) is 12.8 Å². The predicted molar refractivity (Wildman–Crippen MR) is 73.0 cm³/mol. The molecule has 0 radical (unpaired) electrons. The number of nitrogens with two attached hydrogens (primary N) is 1. The van der Waals surface area contributed by atoms with Crippen LogP contribution >= 0.6 is 0 Å². The second-order valence-electron chi connectivity index (χ2n) is 5.15. The highest BCUT2D eigenvalue weighted by atomic mass is 15.1. The van der Waals surface area contributed by atoms with Crippen LogP contribution in [0.4, 0.5) is 5.95 Å². The molecule has 3 heteroatoms. The van der Waals surface area contributed by atoms with Crippen LogP contribution in [0.3, 0.4) is 0 Å². The summed E-state index contributed by atoms with van der Waals surface area (Å²) in [6, 6.07) is 6.32. The number of hydrogen-bond donors (Lipinski definition) is 1. The van der Waals surface area contributed by atoms with Crippen molar-refractivity contribution in [1.29, 1.82) is 0 Å². The van der Waals surface area contributed by atoms with E-state index in [2.05, 4.69) is 48.5 Å². The zero-order chi connectivity index (χ0) is 12.4. The lowest BCUT2D eigenvalue weighted by atomic mass is 10.1. The van der Waals surface area contributed by atoms with Gasteiger partial charge in [0.15, 0.2) is 0 Å². The molecule has 0 aliphatic heterocycles. The van der Waals surface area contributed by atoms with Crippen LogP contribution in [0.15, 0.2) is 18.2 Å². The minimum atomic E-state index is 0.634. The number of rotatable bonds is 4. The van der Waals surface area contributed by atoms with Gasteiger partial charge in [0.1, 0.15) is 0 Å². The van der Waals surface area contributed by atoms with Gasteiger partial charge in [0.25, 0.3) is 0 Å². The SMILES string of the molecule is Cc1ccc2c(c1)nc(N)n2CCCC(C)C. The third kappa shape index (κ3) is 2.60. The van der Waals surface area contributed by atoms with Gasteiger partial charge in [0.2, 0.25) is 5.95 Å². The molecule has 1 heterocycles. The first-order chi connectivity index (χ1) is 8.08. The predicted octanol–water partition coefficient (Wildman–Crippen LogP) is 3.36. The Morgan fingerprint density at radius 3 is 2.82 bits per heavy atom. The van der Waals surface area contributed by atoms with Gasteiger partial charge in [-0.05, 0) is 43.4 Å². The van der Waals surface area contributed by atoms with Gasteiger partial charge in [-0.1, -0.05) is 19.9 Å². The summed E-state index contributed by atoms with van der Waals surface area (Å²) in [6.45, 7) is 7.54. The van der Waals surface area contributed by atoms with Crippen molar-refractivity contribution in [2.45, 2.75) is 40.2 Å². The molecule has 0 aliphatic rings. The lowest BCUT2D eigenvalue weighted by molar-refractivity contribution is 0.519. The van der Waals surface area contributed by atoms with Gasteiger partial charge in [-0.25, -0.2) is 4.98 Å². The largest absolute Gasteiger partial charge is 0.369 e. The number of anilines is 1. The smallest absolute Gasteiger partial charge is 0.201 e. The Labute approximate surface area is 103 Å². The van der Waals surface area contributed by atoms with Crippen LogP contribution in [0.1, 0.15) is 32.3 Å². The van der Waals surface area contributed by atoms with Crippen molar-refractivity contribution in [3.63, 3.8) is 0 Å². The average Bonchev–Trinajstić information content (AvgIpc) is 2.54. The summed E-state index contributed by atoms with van der Waals surface area (Å²) in [6.07, 6.45) is 2.38.